The molecule has 118 valence electrons. The zero-order chi connectivity index (χ0) is 15.7. The van der Waals surface area contributed by atoms with Gasteiger partial charge in [-0.15, -0.1) is 0 Å². The molecule has 4 heteroatoms. The Morgan fingerprint density at radius 1 is 1.04 bits per heavy atom. The van der Waals surface area contributed by atoms with Gasteiger partial charge in [-0.3, -0.25) is 4.90 Å². The molecule has 1 N–H and O–H groups in total. The first kappa shape index (κ1) is 14.4. The summed E-state index contributed by atoms with van der Waals surface area (Å²) in [5.41, 5.74) is 2.68. The number of nitrogens with zero attached hydrogens (tertiary/aromatic N) is 3. The molecule has 1 fully saturated rings. The van der Waals surface area contributed by atoms with E-state index in [-0.39, 0.29) is 0 Å². The van der Waals surface area contributed by atoms with E-state index in [2.05, 4.69) is 44.8 Å². The van der Waals surface area contributed by atoms with E-state index in [0.29, 0.717) is 13.1 Å². The molecule has 4 rings (SSSR count). The van der Waals surface area contributed by atoms with Crippen LogP contribution in [-0.2, 0) is 13.1 Å². The summed E-state index contributed by atoms with van der Waals surface area (Å²) in [6.07, 6.45) is 2.63. The van der Waals surface area contributed by atoms with E-state index in [4.69, 9.17) is 0 Å². The van der Waals surface area contributed by atoms with Crippen molar-refractivity contribution in [1.29, 1.82) is 0 Å². The molecule has 0 bridgehead atoms. The van der Waals surface area contributed by atoms with E-state index in [1.807, 2.05) is 30.6 Å². The maximum Gasteiger partial charge on any atom is 0.0964 e. The van der Waals surface area contributed by atoms with Crippen LogP contribution in [-0.4, -0.2) is 38.2 Å². The molecular formula is C19H21N3O. The van der Waals surface area contributed by atoms with Gasteiger partial charge in [0.25, 0.3) is 0 Å². The van der Waals surface area contributed by atoms with Crippen LogP contribution in [0.15, 0.2) is 60.9 Å². The average molecular weight is 307 g/mol. The van der Waals surface area contributed by atoms with E-state index in [1.165, 1.54) is 5.56 Å². The number of fused-ring (bicyclic) bond motifs is 1. The van der Waals surface area contributed by atoms with Gasteiger partial charge in [0, 0.05) is 19.6 Å². The Hall–Kier alpha value is -2.17. The predicted octanol–water partition coefficient (Wildman–Crippen LogP) is 2.67. The van der Waals surface area contributed by atoms with Crippen LogP contribution in [0, 0.1) is 0 Å². The molecule has 0 amide bonds. The molecule has 2 aromatic carbocycles. The van der Waals surface area contributed by atoms with Crippen molar-refractivity contribution in [3.63, 3.8) is 0 Å². The maximum absolute atomic E-state index is 11.0. The summed E-state index contributed by atoms with van der Waals surface area (Å²) in [6, 6.07) is 18.5. The highest BCUT2D eigenvalue weighted by molar-refractivity contribution is 5.74. The Morgan fingerprint density at radius 2 is 1.83 bits per heavy atom. The topological polar surface area (TPSA) is 41.3 Å². The van der Waals surface area contributed by atoms with Gasteiger partial charge >= 0.3 is 0 Å². The van der Waals surface area contributed by atoms with Gasteiger partial charge in [0.2, 0.25) is 0 Å². The Morgan fingerprint density at radius 3 is 2.70 bits per heavy atom. The molecule has 4 nitrogen and oxygen atoms in total. The van der Waals surface area contributed by atoms with Gasteiger partial charge in [-0.1, -0.05) is 42.5 Å². The van der Waals surface area contributed by atoms with Crippen LogP contribution in [0.4, 0.5) is 0 Å². The van der Waals surface area contributed by atoms with Crippen molar-refractivity contribution >= 4 is 11.0 Å². The van der Waals surface area contributed by atoms with Crippen LogP contribution in [0.2, 0.25) is 0 Å². The first-order valence-corrected chi connectivity index (χ1v) is 8.10. The lowest BCUT2D eigenvalue weighted by atomic mass is 10.0. The van der Waals surface area contributed by atoms with Crippen molar-refractivity contribution in [1.82, 2.24) is 14.5 Å². The SMILES string of the molecule is OC1(Cn2cnc3ccccc32)CCN(Cc2ccccc2)C1. The summed E-state index contributed by atoms with van der Waals surface area (Å²) in [4.78, 5) is 6.74. The number of hydrogen-bond acceptors (Lipinski definition) is 3. The molecule has 1 unspecified atom stereocenters. The molecule has 1 aromatic heterocycles. The quantitative estimate of drug-likeness (QED) is 0.806. The molecule has 0 aliphatic carbocycles. The highest BCUT2D eigenvalue weighted by atomic mass is 16.3. The number of imidazole rings is 1. The molecular weight excluding hydrogens is 286 g/mol. The number of rotatable bonds is 4. The second kappa shape index (κ2) is 5.80. The van der Waals surface area contributed by atoms with Crippen molar-refractivity contribution < 1.29 is 5.11 Å². The lowest BCUT2D eigenvalue weighted by molar-refractivity contribution is 0.0322. The summed E-state index contributed by atoms with van der Waals surface area (Å²) in [5.74, 6) is 0. The van der Waals surface area contributed by atoms with Gasteiger partial charge < -0.3 is 9.67 Å². The van der Waals surface area contributed by atoms with Crippen LogP contribution in [0.1, 0.15) is 12.0 Å². The maximum atomic E-state index is 11.0. The van der Waals surface area contributed by atoms with Crippen LogP contribution in [0.25, 0.3) is 11.0 Å². The van der Waals surface area contributed by atoms with Gasteiger partial charge in [-0.2, -0.15) is 0 Å². The molecule has 3 aromatic rings. The second-order valence-corrected chi connectivity index (χ2v) is 6.53. The smallest absolute Gasteiger partial charge is 0.0964 e. The van der Waals surface area contributed by atoms with Crippen LogP contribution >= 0.6 is 0 Å². The Balaban J connectivity index is 1.47. The third-order valence-electron chi connectivity index (χ3n) is 4.65. The van der Waals surface area contributed by atoms with E-state index in [1.54, 1.807) is 0 Å². The lowest BCUT2D eigenvalue weighted by Gasteiger charge is -2.24. The fourth-order valence-electron chi connectivity index (χ4n) is 3.50. The van der Waals surface area contributed by atoms with Crippen LogP contribution in [0.3, 0.4) is 0 Å². The lowest BCUT2D eigenvalue weighted by Crippen LogP contribution is -2.37. The number of β-amino-alcohol motifs (C(OH)–C–C–N with tert-alkyl or cyclic N) is 1. The van der Waals surface area contributed by atoms with Gasteiger partial charge in [0.1, 0.15) is 0 Å². The second-order valence-electron chi connectivity index (χ2n) is 6.53. The van der Waals surface area contributed by atoms with Crippen molar-refractivity contribution in [2.24, 2.45) is 0 Å². The van der Waals surface area contributed by atoms with E-state index >= 15 is 0 Å². The summed E-state index contributed by atoms with van der Waals surface area (Å²) in [5, 5.41) is 11.0. The molecule has 0 radical (unpaired) electrons. The summed E-state index contributed by atoms with van der Waals surface area (Å²) in [6.45, 7) is 3.12. The largest absolute Gasteiger partial charge is 0.387 e. The normalized spacial score (nSPS) is 22.0. The van der Waals surface area contributed by atoms with Gasteiger partial charge in [-0.05, 0) is 24.1 Å². The number of aromatic nitrogens is 2. The Bertz CT molecular complexity index is 798. The minimum atomic E-state index is -0.682. The molecule has 1 atom stereocenters. The molecule has 0 saturated carbocycles. The zero-order valence-corrected chi connectivity index (χ0v) is 13.1. The fourth-order valence-corrected chi connectivity index (χ4v) is 3.50. The first-order chi connectivity index (χ1) is 11.2. The van der Waals surface area contributed by atoms with E-state index in [0.717, 1.165) is 30.5 Å². The molecule has 1 aliphatic heterocycles. The minimum Gasteiger partial charge on any atom is -0.387 e. The van der Waals surface area contributed by atoms with Gasteiger partial charge in [0.05, 0.1) is 29.5 Å². The van der Waals surface area contributed by atoms with Crippen molar-refractivity contribution in [2.45, 2.75) is 25.1 Å². The number of aliphatic hydroxyl groups is 1. The number of hydrogen-bond donors (Lipinski definition) is 1. The molecule has 1 aliphatic rings. The minimum absolute atomic E-state index is 0.596. The number of benzene rings is 2. The number of para-hydroxylation sites is 2. The van der Waals surface area contributed by atoms with E-state index in [9.17, 15) is 5.11 Å². The van der Waals surface area contributed by atoms with Crippen molar-refractivity contribution in [3.05, 3.63) is 66.5 Å². The zero-order valence-electron chi connectivity index (χ0n) is 13.1. The highest BCUT2D eigenvalue weighted by Gasteiger charge is 2.36. The molecule has 23 heavy (non-hydrogen) atoms. The van der Waals surface area contributed by atoms with Gasteiger partial charge in [0.15, 0.2) is 0 Å². The number of likely N-dealkylation sites (tertiary alicyclic amines) is 1. The summed E-state index contributed by atoms with van der Waals surface area (Å²) in [7, 11) is 0. The third-order valence-corrected chi connectivity index (χ3v) is 4.65. The van der Waals surface area contributed by atoms with E-state index < -0.39 is 5.60 Å². The van der Waals surface area contributed by atoms with Crippen LogP contribution < -0.4 is 0 Å². The third kappa shape index (κ3) is 3.00. The Labute approximate surface area is 136 Å². The van der Waals surface area contributed by atoms with Crippen molar-refractivity contribution in [2.75, 3.05) is 13.1 Å². The monoisotopic (exact) mass is 307 g/mol. The molecule has 0 spiro atoms. The Kier molecular flexibility index (Phi) is 3.63. The highest BCUT2D eigenvalue weighted by Crippen LogP contribution is 2.26. The van der Waals surface area contributed by atoms with Crippen LogP contribution in [0.5, 0.6) is 0 Å². The average Bonchev–Trinajstić information content (AvgIpc) is 3.13. The first-order valence-electron chi connectivity index (χ1n) is 8.10. The van der Waals surface area contributed by atoms with Crippen molar-refractivity contribution in [3.8, 4) is 0 Å². The standard InChI is InChI=1S/C19H21N3O/c23-19(14-22-15-20-17-8-4-5-9-18(17)22)10-11-21(13-19)12-16-6-2-1-3-7-16/h1-9,15,23H,10-14H2. The molecule has 2 heterocycles. The predicted molar refractivity (Wildman–Crippen MR) is 91.0 cm³/mol. The van der Waals surface area contributed by atoms with Gasteiger partial charge in [-0.25, -0.2) is 4.98 Å². The molecule has 1 saturated heterocycles. The summed E-state index contributed by atoms with van der Waals surface area (Å²) < 4.78 is 2.07. The fraction of sp³-hybridized carbons (Fsp3) is 0.316. The summed E-state index contributed by atoms with van der Waals surface area (Å²) >= 11 is 0.